The van der Waals surface area contributed by atoms with Gasteiger partial charge in [-0.05, 0) is 43.7 Å². The number of likely N-dealkylation sites (N-methyl/N-ethyl adjacent to an activating group) is 1. The number of piperidine rings is 1. The van der Waals surface area contributed by atoms with E-state index in [1.54, 1.807) is 35.4 Å². The number of rotatable bonds is 4. The summed E-state index contributed by atoms with van der Waals surface area (Å²) in [5.74, 6) is -0.259. The van der Waals surface area contributed by atoms with Crippen LogP contribution in [0.3, 0.4) is 0 Å². The van der Waals surface area contributed by atoms with Gasteiger partial charge in [0.2, 0.25) is 0 Å². The van der Waals surface area contributed by atoms with Crippen LogP contribution in [-0.2, 0) is 0 Å². The number of hydrogen-bond acceptors (Lipinski definition) is 4. The molecule has 1 saturated heterocycles. The molecule has 0 spiro atoms. The van der Waals surface area contributed by atoms with Crippen molar-refractivity contribution in [2.75, 3.05) is 25.5 Å². The predicted octanol–water partition coefficient (Wildman–Crippen LogP) is 1.49. The summed E-state index contributed by atoms with van der Waals surface area (Å²) in [6.45, 7) is 1.84. The molecule has 1 fully saturated rings. The van der Waals surface area contributed by atoms with E-state index in [-0.39, 0.29) is 17.9 Å². The molecule has 1 aromatic carbocycles. The molecule has 1 atom stereocenters. The lowest BCUT2D eigenvalue weighted by atomic mass is 10.0. The molecule has 0 bridgehead atoms. The minimum atomic E-state index is -0.236. The summed E-state index contributed by atoms with van der Waals surface area (Å²) in [6, 6.07) is 6.93. The van der Waals surface area contributed by atoms with Crippen molar-refractivity contribution in [1.82, 2.24) is 20.4 Å². The van der Waals surface area contributed by atoms with Crippen LogP contribution in [0.5, 0.6) is 0 Å². The van der Waals surface area contributed by atoms with E-state index in [1.165, 1.54) is 6.20 Å². The minimum Gasteiger partial charge on any atom is -0.337 e. The minimum absolute atomic E-state index is 0.0227. The first kappa shape index (κ1) is 16.2. The number of hydrogen-bond donors (Lipinski definition) is 3. The Morgan fingerprint density at radius 2 is 2.00 bits per heavy atom. The summed E-state index contributed by atoms with van der Waals surface area (Å²) >= 11 is 0. The summed E-state index contributed by atoms with van der Waals surface area (Å²) < 4.78 is 0. The van der Waals surface area contributed by atoms with Gasteiger partial charge >= 0.3 is 0 Å². The largest absolute Gasteiger partial charge is 0.337 e. The van der Waals surface area contributed by atoms with Crippen molar-refractivity contribution >= 4 is 17.5 Å². The van der Waals surface area contributed by atoms with Crippen LogP contribution < -0.4 is 10.6 Å². The average molecular weight is 327 g/mol. The van der Waals surface area contributed by atoms with Gasteiger partial charge in [0.15, 0.2) is 0 Å². The maximum absolute atomic E-state index is 12.6. The van der Waals surface area contributed by atoms with Crippen LogP contribution >= 0.6 is 0 Å². The third-order valence-electron chi connectivity index (χ3n) is 4.29. The van der Waals surface area contributed by atoms with Gasteiger partial charge in [0.05, 0.1) is 11.9 Å². The Labute approximate surface area is 140 Å². The third kappa shape index (κ3) is 3.62. The topological polar surface area (TPSA) is 90.1 Å². The van der Waals surface area contributed by atoms with Crippen LogP contribution in [0.15, 0.2) is 36.7 Å². The second-order valence-corrected chi connectivity index (χ2v) is 5.93. The summed E-state index contributed by atoms with van der Waals surface area (Å²) in [4.78, 5) is 26.5. The number of aromatic nitrogens is 2. The highest BCUT2D eigenvalue weighted by molar-refractivity contribution is 6.05. The van der Waals surface area contributed by atoms with Gasteiger partial charge in [-0.15, -0.1) is 0 Å². The van der Waals surface area contributed by atoms with Gasteiger partial charge in [-0.3, -0.25) is 14.7 Å². The van der Waals surface area contributed by atoms with Crippen molar-refractivity contribution in [2.24, 2.45) is 0 Å². The first-order valence-electron chi connectivity index (χ1n) is 8.03. The van der Waals surface area contributed by atoms with Crippen LogP contribution in [-0.4, -0.2) is 53.1 Å². The molecule has 1 aliphatic rings. The highest BCUT2D eigenvalue weighted by Gasteiger charge is 2.22. The number of amides is 2. The Morgan fingerprint density at radius 1 is 1.25 bits per heavy atom. The van der Waals surface area contributed by atoms with E-state index in [2.05, 4.69) is 20.8 Å². The van der Waals surface area contributed by atoms with Crippen LogP contribution in [0.4, 0.5) is 5.69 Å². The molecule has 2 amide bonds. The van der Waals surface area contributed by atoms with E-state index in [4.69, 9.17) is 0 Å². The van der Waals surface area contributed by atoms with Gasteiger partial charge < -0.3 is 15.5 Å². The van der Waals surface area contributed by atoms with E-state index in [0.717, 1.165) is 25.9 Å². The zero-order chi connectivity index (χ0) is 16.9. The van der Waals surface area contributed by atoms with Crippen molar-refractivity contribution in [3.05, 3.63) is 47.8 Å². The van der Waals surface area contributed by atoms with Crippen molar-refractivity contribution < 1.29 is 9.59 Å². The molecule has 24 heavy (non-hydrogen) atoms. The van der Waals surface area contributed by atoms with Gasteiger partial charge in [-0.2, -0.15) is 5.10 Å². The first-order chi connectivity index (χ1) is 11.6. The molecule has 3 N–H and O–H groups in total. The molecule has 0 radical (unpaired) electrons. The zero-order valence-electron chi connectivity index (χ0n) is 13.6. The fourth-order valence-electron chi connectivity index (χ4n) is 2.82. The van der Waals surface area contributed by atoms with Gasteiger partial charge in [0, 0.05) is 37.0 Å². The number of carbonyl (C=O) groups excluding carboxylic acids is 2. The van der Waals surface area contributed by atoms with E-state index < -0.39 is 0 Å². The Morgan fingerprint density at radius 3 is 2.62 bits per heavy atom. The van der Waals surface area contributed by atoms with Crippen LogP contribution in [0.2, 0.25) is 0 Å². The van der Waals surface area contributed by atoms with E-state index >= 15 is 0 Å². The molecular formula is C17H21N5O2. The van der Waals surface area contributed by atoms with Crippen LogP contribution in [0.25, 0.3) is 0 Å². The van der Waals surface area contributed by atoms with Gasteiger partial charge in [-0.1, -0.05) is 0 Å². The molecular weight excluding hydrogens is 306 g/mol. The van der Waals surface area contributed by atoms with Crippen LogP contribution in [0, 0.1) is 0 Å². The molecule has 0 aliphatic carbocycles. The van der Waals surface area contributed by atoms with Crippen molar-refractivity contribution in [2.45, 2.75) is 18.9 Å². The second-order valence-electron chi connectivity index (χ2n) is 5.93. The molecule has 3 rings (SSSR count). The monoisotopic (exact) mass is 327 g/mol. The normalized spacial score (nSPS) is 17.3. The Kier molecular flexibility index (Phi) is 4.90. The van der Waals surface area contributed by atoms with Gasteiger partial charge in [-0.25, -0.2) is 0 Å². The number of benzene rings is 1. The van der Waals surface area contributed by atoms with E-state index in [0.29, 0.717) is 16.8 Å². The van der Waals surface area contributed by atoms with E-state index in [9.17, 15) is 9.59 Å². The lowest BCUT2D eigenvalue weighted by Crippen LogP contribution is -2.46. The Balaban J connectivity index is 1.64. The highest BCUT2D eigenvalue weighted by Crippen LogP contribution is 2.14. The summed E-state index contributed by atoms with van der Waals surface area (Å²) in [5, 5.41) is 12.4. The molecule has 2 aromatic rings. The Bertz CT molecular complexity index is 690. The lowest BCUT2D eigenvalue weighted by molar-refractivity contribution is 0.0708. The fraction of sp³-hybridized carbons (Fsp3) is 0.353. The van der Waals surface area contributed by atoms with Gasteiger partial charge in [0.25, 0.3) is 11.8 Å². The molecule has 1 unspecified atom stereocenters. The number of aromatic amines is 1. The molecule has 1 aromatic heterocycles. The first-order valence-corrected chi connectivity index (χ1v) is 8.03. The smallest absolute Gasteiger partial charge is 0.255 e. The van der Waals surface area contributed by atoms with Crippen molar-refractivity contribution in [3.8, 4) is 0 Å². The fourth-order valence-corrected chi connectivity index (χ4v) is 2.82. The van der Waals surface area contributed by atoms with Crippen LogP contribution in [0.1, 0.15) is 33.6 Å². The highest BCUT2D eigenvalue weighted by atomic mass is 16.2. The zero-order valence-corrected chi connectivity index (χ0v) is 13.6. The number of H-pyrrole nitrogens is 1. The number of carbonyl (C=O) groups is 2. The second kappa shape index (κ2) is 7.27. The maximum Gasteiger partial charge on any atom is 0.255 e. The SMILES string of the molecule is CN(C(=O)c1ccc(C(=O)Nc2cn[nH]c2)cc1)C1CCCNC1. The molecule has 1 aliphatic heterocycles. The predicted molar refractivity (Wildman–Crippen MR) is 91.0 cm³/mol. The third-order valence-corrected chi connectivity index (χ3v) is 4.29. The van der Waals surface area contributed by atoms with E-state index in [1.807, 2.05) is 7.05 Å². The number of anilines is 1. The molecule has 0 saturated carbocycles. The average Bonchev–Trinajstić information content (AvgIpc) is 3.14. The standard InChI is InChI=1S/C17H21N5O2/c1-22(15-3-2-8-18-11-15)17(24)13-6-4-12(5-7-13)16(23)21-14-9-19-20-10-14/h4-7,9-10,15,18H,2-3,8,11H2,1H3,(H,19,20)(H,21,23). The van der Waals surface area contributed by atoms with Gasteiger partial charge in [0.1, 0.15) is 0 Å². The molecule has 2 heterocycles. The lowest BCUT2D eigenvalue weighted by Gasteiger charge is -2.31. The quantitative estimate of drug-likeness (QED) is 0.793. The number of nitrogens with one attached hydrogen (secondary N) is 3. The maximum atomic E-state index is 12.6. The summed E-state index contributed by atoms with van der Waals surface area (Å²) in [6.07, 6.45) is 5.22. The number of nitrogens with zero attached hydrogens (tertiary/aromatic N) is 2. The molecule has 7 nitrogen and oxygen atoms in total. The molecule has 126 valence electrons. The summed E-state index contributed by atoms with van der Waals surface area (Å²) in [5.41, 5.74) is 1.68. The Hall–Kier alpha value is -2.67. The molecule has 7 heteroatoms. The van der Waals surface area contributed by atoms with Crippen molar-refractivity contribution in [1.29, 1.82) is 0 Å². The van der Waals surface area contributed by atoms with Crippen molar-refractivity contribution in [3.63, 3.8) is 0 Å². The summed E-state index contributed by atoms with van der Waals surface area (Å²) in [7, 11) is 1.83.